The number of hydrogen-bond acceptors (Lipinski definition) is 1. The first-order valence-electron chi connectivity index (χ1n) is 5.94. The maximum atomic E-state index is 6.79. The van der Waals surface area contributed by atoms with Crippen LogP contribution in [0.15, 0.2) is 42.0 Å². The van der Waals surface area contributed by atoms with Crippen LogP contribution in [-0.2, 0) is 9.80 Å². The lowest BCUT2D eigenvalue weighted by Crippen LogP contribution is -2.41. The maximum Gasteiger partial charge on any atom is 0.190 e. The Kier molecular flexibility index (Phi) is 2.73. The zero-order chi connectivity index (χ0) is 11.9. The molecule has 0 spiro atoms. The van der Waals surface area contributed by atoms with Gasteiger partial charge in [-0.15, -0.1) is 11.6 Å². The van der Waals surface area contributed by atoms with Crippen LogP contribution in [0.25, 0.3) is 0 Å². The van der Waals surface area contributed by atoms with Crippen LogP contribution in [0.4, 0.5) is 0 Å². The van der Waals surface area contributed by atoms with Crippen LogP contribution in [0.2, 0.25) is 0 Å². The predicted molar refractivity (Wildman–Crippen MR) is 70.4 cm³/mol. The van der Waals surface area contributed by atoms with E-state index in [2.05, 4.69) is 6.08 Å². The first kappa shape index (κ1) is 11.6. The van der Waals surface area contributed by atoms with Gasteiger partial charge in [0.15, 0.2) is 5.06 Å². The molecule has 1 aliphatic carbocycles. The van der Waals surface area contributed by atoms with E-state index in [0.717, 1.165) is 30.4 Å². The monoisotopic (exact) mass is 268 g/mol. The third-order valence-corrected chi connectivity index (χ3v) is 5.15. The van der Waals surface area contributed by atoms with Crippen molar-refractivity contribution in [2.75, 3.05) is 6.61 Å². The minimum Gasteiger partial charge on any atom is -0.349 e. The molecule has 2 unspecified atom stereocenters. The Morgan fingerprint density at radius 3 is 2.65 bits per heavy atom. The van der Waals surface area contributed by atoms with Crippen LogP contribution in [0.5, 0.6) is 0 Å². The first-order valence-corrected chi connectivity index (χ1v) is 6.69. The van der Waals surface area contributed by atoms with Crippen LogP contribution in [0, 0.1) is 0 Å². The lowest BCUT2D eigenvalue weighted by Gasteiger charge is -2.37. The second kappa shape index (κ2) is 4.01. The highest BCUT2D eigenvalue weighted by atomic mass is 35.5. The standard InChI is InChI=1S/C14H14Cl2O/c15-13-9-5-4-8-12(13)10-17-14(13,16)11-6-2-1-3-7-11/h1-3,6-8H,4-5,9-10H2. The fraction of sp³-hybridized carbons (Fsp3) is 0.429. The van der Waals surface area contributed by atoms with Gasteiger partial charge in [-0.3, -0.25) is 0 Å². The molecular weight excluding hydrogens is 255 g/mol. The molecule has 1 saturated heterocycles. The molecule has 1 aromatic carbocycles. The highest BCUT2D eigenvalue weighted by Crippen LogP contribution is 2.57. The van der Waals surface area contributed by atoms with Gasteiger partial charge in [0.1, 0.15) is 4.87 Å². The Morgan fingerprint density at radius 2 is 1.88 bits per heavy atom. The Morgan fingerprint density at radius 1 is 1.12 bits per heavy atom. The third kappa shape index (κ3) is 1.56. The summed E-state index contributed by atoms with van der Waals surface area (Å²) < 4.78 is 5.84. The van der Waals surface area contributed by atoms with Crippen LogP contribution in [0.1, 0.15) is 24.8 Å². The Labute approximate surface area is 111 Å². The van der Waals surface area contributed by atoms with Crippen molar-refractivity contribution in [1.82, 2.24) is 0 Å². The Bertz CT molecular complexity index is 457. The molecule has 3 heteroatoms. The summed E-state index contributed by atoms with van der Waals surface area (Å²) in [5, 5.41) is -0.915. The number of rotatable bonds is 1. The Hall–Kier alpha value is -0.500. The van der Waals surface area contributed by atoms with E-state index in [-0.39, 0.29) is 0 Å². The van der Waals surface area contributed by atoms with Crippen molar-refractivity contribution in [2.45, 2.75) is 29.2 Å². The van der Waals surface area contributed by atoms with Crippen LogP contribution >= 0.6 is 23.2 Å². The van der Waals surface area contributed by atoms with Crippen molar-refractivity contribution < 1.29 is 4.74 Å². The molecule has 1 heterocycles. The van der Waals surface area contributed by atoms with Gasteiger partial charge >= 0.3 is 0 Å². The maximum absolute atomic E-state index is 6.79. The van der Waals surface area contributed by atoms with Gasteiger partial charge in [0.2, 0.25) is 0 Å². The number of benzene rings is 1. The number of allylic oxidation sites excluding steroid dienone is 1. The molecule has 1 nitrogen and oxygen atoms in total. The highest BCUT2D eigenvalue weighted by Gasteiger charge is 2.58. The molecule has 3 rings (SSSR count). The van der Waals surface area contributed by atoms with Gasteiger partial charge < -0.3 is 4.74 Å². The van der Waals surface area contributed by atoms with Crippen molar-refractivity contribution >= 4 is 23.2 Å². The largest absolute Gasteiger partial charge is 0.349 e. The minimum atomic E-state index is -0.915. The molecule has 0 saturated carbocycles. The van der Waals surface area contributed by atoms with Crippen LogP contribution < -0.4 is 0 Å². The van der Waals surface area contributed by atoms with E-state index in [1.807, 2.05) is 30.3 Å². The zero-order valence-corrected chi connectivity index (χ0v) is 11.0. The topological polar surface area (TPSA) is 9.23 Å². The molecule has 1 fully saturated rings. The van der Waals surface area contributed by atoms with E-state index in [1.165, 1.54) is 0 Å². The van der Waals surface area contributed by atoms with E-state index >= 15 is 0 Å². The lowest BCUT2D eigenvalue weighted by atomic mass is 9.82. The van der Waals surface area contributed by atoms with E-state index in [0.29, 0.717) is 6.61 Å². The third-order valence-electron chi connectivity index (χ3n) is 3.71. The summed E-state index contributed by atoms with van der Waals surface area (Å²) in [7, 11) is 0. The molecule has 0 bridgehead atoms. The van der Waals surface area contributed by atoms with Crippen molar-refractivity contribution in [3.05, 3.63) is 47.5 Å². The number of ether oxygens (including phenoxy) is 1. The van der Waals surface area contributed by atoms with Gasteiger partial charge in [-0.2, -0.15) is 0 Å². The molecule has 0 amide bonds. The van der Waals surface area contributed by atoms with Gasteiger partial charge in [-0.25, -0.2) is 0 Å². The van der Waals surface area contributed by atoms with Crippen molar-refractivity contribution in [3.8, 4) is 0 Å². The van der Waals surface area contributed by atoms with Crippen LogP contribution in [0.3, 0.4) is 0 Å². The number of fused-ring (bicyclic) bond motifs is 1. The Balaban J connectivity index is 2.09. The average Bonchev–Trinajstić information content (AvgIpc) is 2.65. The summed E-state index contributed by atoms with van der Waals surface area (Å²) in [6.07, 6.45) is 5.20. The number of hydrogen-bond donors (Lipinski definition) is 0. The molecule has 1 aromatic rings. The lowest BCUT2D eigenvalue weighted by molar-refractivity contribution is 0.0551. The van der Waals surface area contributed by atoms with Crippen molar-refractivity contribution in [3.63, 3.8) is 0 Å². The zero-order valence-electron chi connectivity index (χ0n) is 9.46. The quantitative estimate of drug-likeness (QED) is 0.548. The molecular formula is C14H14Cl2O. The molecule has 90 valence electrons. The summed E-state index contributed by atoms with van der Waals surface area (Å²) in [6.45, 7) is 0.544. The van der Waals surface area contributed by atoms with E-state index < -0.39 is 9.93 Å². The van der Waals surface area contributed by atoms with Gasteiger partial charge in [-0.05, 0) is 24.8 Å². The fourth-order valence-electron chi connectivity index (χ4n) is 2.74. The summed E-state index contributed by atoms with van der Waals surface area (Å²) in [5.41, 5.74) is 2.09. The molecule has 2 aliphatic rings. The van der Waals surface area contributed by atoms with Gasteiger partial charge in [0.05, 0.1) is 6.61 Å². The smallest absolute Gasteiger partial charge is 0.190 e. The van der Waals surface area contributed by atoms with Crippen LogP contribution in [-0.4, -0.2) is 11.5 Å². The summed E-state index contributed by atoms with van der Waals surface area (Å²) in [5.74, 6) is 0. The number of halogens is 2. The fourth-order valence-corrected chi connectivity index (χ4v) is 3.57. The van der Waals surface area contributed by atoms with Crippen molar-refractivity contribution in [2.24, 2.45) is 0 Å². The highest BCUT2D eigenvalue weighted by molar-refractivity contribution is 6.36. The first-order chi connectivity index (χ1) is 8.17. The van der Waals surface area contributed by atoms with Crippen molar-refractivity contribution in [1.29, 1.82) is 0 Å². The predicted octanol–water partition coefficient (Wildman–Crippen LogP) is 4.20. The van der Waals surface area contributed by atoms with Gasteiger partial charge in [-0.1, -0.05) is 48.0 Å². The second-order valence-corrected chi connectivity index (χ2v) is 5.85. The van der Waals surface area contributed by atoms with Gasteiger partial charge in [0.25, 0.3) is 0 Å². The molecule has 1 aliphatic heterocycles. The summed E-state index contributed by atoms with van der Waals surface area (Å²) in [6, 6.07) is 9.86. The SMILES string of the molecule is ClC12CCCC=C1COC2(Cl)c1ccccc1. The van der Waals surface area contributed by atoms with E-state index in [9.17, 15) is 0 Å². The minimum absolute atomic E-state index is 0.544. The van der Waals surface area contributed by atoms with E-state index in [4.69, 9.17) is 27.9 Å². The molecule has 0 N–H and O–H groups in total. The normalized spacial score (nSPS) is 36.5. The summed E-state index contributed by atoms with van der Waals surface area (Å²) >= 11 is 13.5. The number of alkyl halides is 2. The van der Waals surface area contributed by atoms with Gasteiger partial charge in [0, 0.05) is 5.56 Å². The molecule has 0 aromatic heterocycles. The molecule has 2 atom stereocenters. The molecule has 17 heavy (non-hydrogen) atoms. The summed E-state index contributed by atoms with van der Waals surface area (Å²) in [4.78, 5) is -0.575. The van der Waals surface area contributed by atoms with E-state index in [1.54, 1.807) is 0 Å². The molecule has 0 radical (unpaired) electrons. The second-order valence-electron chi connectivity index (χ2n) is 4.67. The average molecular weight is 269 g/mol.